The minimum absolute atomic E-state index is 0.00910. The molecule has 1 aliphatic rings. The van der Waals surface area contributed by atoms with Crippen molar-refractivity contribution in [1.82, 2.24) is 4.98 Å². The summed E-state index contributed by atoms with van der Waals surface area (Å²) in [6, 6.07) is 13.6. The molecule has 4 rings (SSSR count). The second-order valence-corrected chi connectivity index (χ2v) is 7.42. The van der Waals surface area contributed by atoms with Crippen LogP contribution in [-0.4, -0.2) is 41.7 Å². The maximum atomic E-state index is 13.8. The number of nitrogens with zero attached hydrogens (tertiary/aromatic N) is 2. The van der Waals surface area contributed by atoms with E-state index in [1.807, 2.05) is 6.07 Å². The van der Waals surface area contributed by atoms with E-state index in [0.717, 1.165) is 11.3 Å². The molecule has 0 aliphatic carbocycles. The van der Waals surface area contributed by atoms with Crippen LogP contribution in [0.3, 0.4) is 0 Å². The molecule has 2 aromatic carbocycles. The van der Waals surface area contributed by atoms with Crippen LogP contribution in [0.2, 0.25) is 0 Å². The zero-order valence-electron chi connectivity index (χ0n) is 16.8. The van der Waals surface area contributed by atoms with Gasteiger partial charge in [-0.05, 0) is 66.6 Å². The van der Waals surface area contributed by atoms with Gasteiger partial charge < -0.3 is 14.7 Å². The Morgan fingerprint density at radius 3 is 2.65 bits per heavy atom. The maximum absolute atomic E-state index is 13.8. The quantitative estimate of drug-likeness (QED) is 0.585. The summed E-state index contributed by atoms with van der Waals surface area (Å²) in [5.74, 6) is -1.11. The van der Waals surface area contributed by atoms with Gasteiger partial charge in [0, 0.05) is 42.6 Å². The number of aromatic nitrogens is 1. The first kappa shape index (κ1) is 20.9. The lowest BCUT2D eigenvalue weighted by atomic mass is 9.98. The molecule has 1 fully saturated rings. The lowest BCUT2D eigenvalue weighted by Crippen LogP contribution is -2.26. The van der Waals surface area contributed by atoms with E-state index in [1.165, 1.54) is 42.6 Å². The fourth-order valence-electron chi connectivity index (χ4n) is 3.78. The minimum atomic E-state index is -0.495. The molecule has 1 N–H and O–H groups in total. The largest absolute Gasteiger partial charge is 0.470 e. The fourth-order valence-corrected chi connectivity index (χ4v) is 3.78. The molecule has 5 nitrogen and oxygen atoms in total. The Bertz CT molecular complexity index is 1070. The third-order valence-corrected chi connectivity index (χ3v) is 5.32. The van der Waals surface area contributed by atoms with Gasteiger partial charge in [-0.25, -0.2) is 13.8 Å². The Hall–Kier alpha value is -3.32. The molecular weight excluding hydrogens is 402 g/mol. The Balaban J connectivity index is 1.52. The van der Waals surface area contributed by atoms with Crippen molar-refractivity contribution in [2.24, 2.45) is 0 Å². The highest BCUT2D eigenvalue weighted by molar-refractivity contribution is 6.09. The van der Waals surface area contributed by atoms with E-state index in [1.54, 1.807) is 12.1 Å². The van der Waals surface area contributed by atoms with E-state index >= 15 is 0 Å². The van der Waals surface area contributed by atoms with E-state index in [9.17, 15) is 18.7 Å². The molecule has 1 saturated heterocycles. The summed E-state index contributed by atoms with van der Waals surface area (Å²) < 4.78 is 32.7. The third kappa shape index (κ3) is 4.72. The monoisotopic (exact) mass is 424 g/mol. The first-order valence-corrected chi connectivity index (χ1v) is 10.1. The van der Waals surface area contributed by atoms with Crippen LogP contribution < -0.4 is 9.64 Å². The smallest absolute Gasteiger partial charge is 0.250 e. The van der Waals surface area contributed by atoms with Crippen molar-refractivity contribution in [3.63, 3.8) is 0 Å². The lowest BCUT2D eigenvalue weighted by Gasteiger charge is -2.22. The number of ether oxygens (including phenoxy) is 1. The fraction of sp³-hybridized carbons (Fsp3) is 0.250. The predicted molar refractivity (Wildman–Crippen MR) is 113 cm³/mol. The van der Waals surface area contributed by atoms with Crippen LogP contribution in [0.25, 0.3) is 0 Å². The van der Waals surface area contributed by atoms with E-state index in [-0.39, 0.29) is 24.4 Å². The molecule has 1 aliphatic heterocycles. The van der Waals surface area contributed by atoms with Crippen LogP contribution in [0, 0.1) is 11.6 Å². The van der Waals surface area contributed by atoms with Gasteiger partial charge >= 0.3 is 0 Å². The van der Waals surface area contributed by atoms with Crippen LogP contribution in [0.5, 0.6) is 5.88 Å². The highest BCUT2D eigenvalue weighted by Crippen LogP contribution is 2.29. The van der Waals surface area contributed by atoms with Gasteiger partial charge in [0.2, 0.25) is 0 Å². The molecule has 160 valence electrons. The molecule has 0 bridgehead atoms. The summed E-state index contributed by atoms with van der Waals surface area (Å²) >= 11 is 0. The third-order valence-electron chi connectivity index (χ3n) is 5.32. The summed E-state index contributed by atoms with van der Waals surface area (Å²) in [5, 5.41) is 9.52. The Morgan fingerprint density at radius 2 is 1.90 bits per heavy atom. The molecule has 2 heterocycles. The van der Waals surface area contributed by atoms with Crippen molar-refractivity contribution in [2.75, 3.05) is 24.6 Å². The van der Waals surface area contributed by atoms with Gasteiger partial charge in [0.25, 0.3) is 5.88 Å². The van der Waals surface area contributed by atoms with Gasteiger partial charge in [-0.2, -0.15) is 0 Å². The Labute approximate surface area is 178 Å². The van der Waals surface area contributed by atoms with E-state index in [4.69, 9.17) is 4.74 Å². The molecule has 0 radical (unpaired) electrons. The zero-order chi connectivity index (χ0) is 21.8. The molecule has 1 aromatic heterocycles. The number of aliphatic hydroxyl groups is 1. The number of pyridine rings is 1. The van der Waals surface area contributed by atoms with E-state index in [0.29, 0.717) is 37.1 Å². The number of rotatable bonds is 7. The van der Waals surface area contributed by atoms with E-state index < -0.39 is 11.6 Å². The standard InChI is InChI=1S/C24H22F2N2O3/c25-19-6-3-16(4-7-19)23(30)18-5-8-22(17(14-18)10-13-29)28-12-9-20(15-28)31-24-21(26)2-1-11-27-24/h1-8,11,14,20,29H,9-10,12-13,15H2. The number of hydrogen-bond acceptors (Lipinski definition) is 5. The van der Waals surface area contributed by atoms with E-state index in [2.05, 4.69) is 9.88 Å². The zero-order valence-corrected chi connectivity index (χ0v) is 16.8. The van der Waals surface area contributed by atoms with Crippen molar-refractivity contribution in [1.29, 1.82) is 0 Å². The first-order chi connectivity index (χ1) is 15.0. The number of carbonyl (C=O) groups excluding carboxylic acids is 1. The number of ketones is 1. The Kier molecular flexibility index (Phi) is 6.23. The topological polar surface area (TPSA) is 62.7 Å². The predicted octanol–water partition coefficient (Wildman–Crippen LogP) is 3.78. The molecule has 0 saturated carbocycles. The van der Waals surface area contributed by atoms with Gasteiger partial charge in [-0.3, -0.25) is 4.79 Å². The lowest BCUT2D eigenvalue weighted by molar-refractivity contribution is 0.103. The van der Waals surface area contributed by atoms with Crippen LogP contribution in [0.4, 0.5) is 14.5 Å². The molecular formula is C24H22F2N2O3. The Morgan fingerprint density at radius 1 is 1.13 bits per heavy atom. The number of anilines is 1. The highest BCUT2D eigenvalue weighted by Gasteiger charge is 2.27. The molecule has 1 atom stereocenters. The maximum Gasteiger partial charge on any atom is 0.250 e. The second-order valence-electron chi connectivity index (χ2n) is 7.42. The van der Waals surface area contributed by atoms with Crippen molar-refractivity contribution in [2.45, 2.75) is 18.9 Å². The van der Waals surface area contributed by atoms with Crippen LogP contribution >= 0.6 is 0 Å². The summed E-state index contributed by atoms with van der Waals surface area (Å²) in [6.45, 7) is 1.18. The van der Waals surface area contributed by atoms with Crippen molar-refractivity contribution in [3.05, 3.63) is 89.1 Å². The summed E-state index contributed by atoms with van der Waals surface area (Å²) in [7, 11) is 0. The van der Waals surface area contributed by atoms with Gasteiger partial charge in [0.1, 0.15) is 11.9 Å². The normalized spacial score (nSPS) is 15.8. The molecule has 0 spiro atoms. The second kappa shape index (κ2) is 9.22. The van der Waals surface area contributed by atoms with Crippen molar-refractivity contribution in [3.8, 4) is 5.88 Å². The average Bonchev–Trinajstić information content (AvgIpc) is 3.24. The summed E-state index contributed by atoms with van der Waals surface area (Å²) in [6.07, 6.45) is 2.36. The van der Waals surface area contributed by atoms with Crippen LogP contribution in [0.1, 0.15) is 27.9 Å². The average molecular weight is 424 g/mol. The number of aliphatic hydroxyl groups excluding tert-OH is 1. The van der Waals surface area contributed by atoms with Gasteiger partial charge in [0.15, 0.2) is 11.6 Å². The molecule has 3 aromatic rings. The summed E-state index contributed by atoms with van der Waals surface area (Å²) in [5.41, 5.74) is 2.61. The molecule has 31 heavy (non-hydrogen) atoms. The highest BCUT2D eigenvalue weighted by atomic mass is 19.1. The molecule has 7 heteroatoms. The number of carbonyl (C=O) groups is 1. The van der Waals surface area contributed by atoms with Crippen LogP contribution in [-0.2, 0) is 6.42 Å². The van der Waals surface area contributed by atoms with Gasteiger partial charge in [0.05, 0.1) is 6.54 Å². The van der Waals surface area contributed by atoms with Gasteiger partial charge in [-0.1, -0.05) is 0 Å². The van der Waals surface area contributed by atoms with Crippen molar-refractivity contribution < 1.29 is 23.4 Å². The number of benzene rings is 2. The van der Waals surface area contributed by atoms with Crippen LogP contribution in [0.15, 0.2) is 60.8 Å². The molecule has 0 amide bonds. The summed E-state index contributed by atoms with van der Waals surface area (Å²) in [4.78, 5) is 18.8. The number of hydrogen-bond donors (Lipinski definition) is 1. The number of halogens is 2. The molecule has 1 unspecified atom stereocenters. The SMILES string of the molecule is O=C(c1ccc(F)cc1)c1ccc(N2CCC(Oc3ncccc3F)C2)c(CCO)c1. The first-order valence-electron chi connectivity index (χ1n) is 10.1. The van der Waals surface area contributed by atoms with Gasteiger partial charge in [-0.15, -0.1) is 0 Å². The van der Waals surface area contributed by atoms with Crippen molar-refractivity contribution >= 4 is 11.5 Å². The minimum Gasteiger partial charge on any atom is -0.470 e.